The molecule has 2 heterocycles. The van der Waals surface area contributed by atoms with Gasteiger partial charge in [-0.2, -0.15) is 0 Å². The molecule has 0 spiro atoms. The number of halogens is 1. The van der Waals surface area contributed by atoms with E-state index in [1.807, 2.05) is 33.9 Å². The summed E-state index contributed by atoms with van der Waals surface area (Å²) >= 11 is 6.30. The molecule has 0 saturated carbocycles. The van der Waals surface area contributed by atoms with E-state index in [4.69, 9.17) is 26.6 Å². The number of aryl methyl sites for hydroxylation is 2. The molecule has 32 heavy (non-hydrogen) atoms. The summed E-state index contributed by atoms with van der Waals surface area (Å²) in [5.41, 5.74) is 12.3. The highest BCUT2D eigenvalue weighted by atomic mass is 35.5. The van der Waals surface area contributed by atoms with Crippen molar-refractivity contribution in [3.05, 3.63) is 70.8 Å². The van der Waals surface area contributed by atoms with E-state index in [2.05, 4.69) is 42.5 Å². The summed E-state index contributed by atoms with van der Waals surface area (Å²) in [7, 11) is -0.615. The monoisotopic (exact) mass is 453 g/mol. The zero-order chi connectivity index (χ0) is 23.7. The van der Waals surface area contributed by atoms with E-state index in [1.54, 1.807) is 6.08 Å². The van der Waals surface area contributed by atoms with Gasteiger partial charge in [-0.05, 0) is 70.7 Å². The Bertz CT molecular complexity index is 1020. The number of aliphatic imine (C=N–C) groups is 1. The van der Waals surface area contributed by atoms with Crippen LogP contribution < -0.4 is 5.73 Å². The van der Waals surface area contributed by atoms with Crippen LogP contribution in [0.15, 0.2) is 58.9 Å². The first-order chi connectivity index (χ1) is 15.0. The van der Waals surface area contributed by atoms with Crippen LogP contribution in [-0.2, 0) is 15.7 Å². The first-order valence-corrected chi connectivity index (χ1v) is 11.5. The summed E-state index contributed by atoms with van der Waals surface area (Å²) in [5.74, 6) is 0. The van der Waals surface area contributed by atoms with Crippen LogP contribution >= 0.6 is 11.6 Å². The SMILES string of the molecule is C=CN=C(Cl)/C=C1\CC=C(c2cnc(CCC)cc2C)C(N)=C1B1OC(C)(C)C(C)(C)O1. The van der Waals surface area contributed by atoms with Gasteiger partial charge >= 0.3 is 7.12 Å². The quantitative estimate of drug-likeness (QED) is 0.444. The minimum atomic E-state index is -0.615. The number of nitrogens with two attached hydrogens (primary N) is 1. The number of hydrogen-bond acceptors (Lipinski definition) is 5. The van der Waals surface area contributed by atoms with Crippen molar-refractivity contribution in [1.29, 1.82) is 0 Å². The predicted molar refractivity (Wildman–Crippen MR) is 134 cm³/mol. The van der Waals surface area contributed by atoms with E-state index < -0.39 is 18.3 Å². The first kappa shape index (κ1) is 24.5. The van der Waals surface area contributed by atoms with Crippen molar-refractivity contribution in [2.45, 2.75) is 72.0 Å². The molecule has 1 aromatic rings. The Hall–Kier alpha value is -2.15. The van der Waals surface area contributed by atoms with Gasteiger partial charge in [-0.3, -0.25) is 4.98 Å². The van der Waals surface area contributed by atoms with E-state index in [9.17, 15) is 0 Å². The molecule has 0 unspecified atom stereocenters. The maximum Gasteiger partial charge on any atom is 0.497 e. The van der Waals surface area contributed by atoms with Gasteiger partial charge < -0.3 is 15.0 Å². The van der Waals surface area contributed by atoms with E-state index >= 15 is 0 Å². The van der Waals surface area contributed by atoms with Crippen molar-refractivity contribution in [2.24, 2.45) is 10.7 Å². The molecule has 1 fully saturated rings. The van der Waals surface area contributed by atoms with Crippen LogP contribution in [0, 0.1) is 6.92 Å². The van der Waals surface area contributed by atoms with Gasteiger partial charge in [0, 0.05) is 40.4 Å². The summed E-state index contributed by atoms with van der Waals surface area (Å²) in [4.78, 5) is 8.73. The Labute approximate surface area is 197 Å². The number of rotatable bonds is 6. The van der Waals surface area contributed by atoms with Crippen LogP contribution in [0.5, 0.6) is 0 Å². The minimum absolute atomic E-state index is 0.329. The van der Waals surface area contributed by atoms with Crippen LogP contribution in [0.3, 0.4) is 0 Å². The maximum absolute atomic E-state index is 6.80. The Morgan fingerprint density at radius 2 is 1.97 bits per heavy atom. The lowest BCUT2D eigenvalue weighted by Crippen LogP contribution is -2.41. The van der Waals surface area contributed by atoms with Gasteiger partial charge in [0.05, 0.1) is 11.2 Å². The van der Waals surface area contributed by atoms with Crippen molar-refractivity contribution in [3.63, 3.8) is 0 Å². The van der Waals surface area contributed by atoms with Crippen molar-refractivity contribution >= 4 is 29.5 Å². The lowest BCUT2D eigenvalue weighted by molar-refractivity contribution is 0.00578. The smallest absolute Gasteiger partial charge is 0.399 e. The lowest BCUT2D eigenvalue weighted by atomic mass is 9.68. The summed E-state index contributed by atoms with van der Waals surface area (Å²) in [6.45, 7) is 16.0. The molecule has 0 radical (unpaired) electrons. The number of aromatic nitrogens is 1. The molecule has 5 nitrogen and oxygen atoms in total. The van der Waals surface area contributed by atoms with Crippen molar-refractivity contribution in [1.82, 2.24) is 4.98 Å². The summed E-state index contributed by atoms with van der Waals surface area (Å²) in [5, 5.41) is 0.329. The zero-order valence-electron chi connectivity index (χ0n) is 20.0. The zero-order valence-corrected chi connectivity index (χ0v) is 20.7. The van der Waals surface area contributed by atoms with Crippen LogP contribution in [0.2, 0.25) is 0 Å². The molecule has 2 aliphatic rings. The molecule has 0 aromatic carbocycles. The third-order valence-corrected chi connectivity index (χ3v) is 6.62. The molecule has 1 aromatic heterocycles. The lowest BCUT2D eigenvalue weighted by Gasteiger charge is -2.32. The van der Waals surface area contributed by atoms with Crippen LogP contribution in [0.4, 0.5) is 0 Å². The Morgan fingerprint density at radius 1 is 1.31 bits per heavy atom. The standard InChI is InChI=1S/C25H33BClN3O2/c1-8-10-18-13-16(3)20(15-30-18)19-12-11-17(14-21(27)29-9-2)22(23(19)28)26-31-24(4,5)25(6,7)32-26/h9,12-15H,2,8,10-11,28H2,1,3-7H3/b17-14+,29-21?. The number of pyridine rings is 1. The molecule has 0 amide bonds. The van der Waals surface area contributed by atoms with Gasteiger partial charge in [0.2, 0.25) is 0 Å². The summed E-state index contributed by atoms with van der Waals surface area (Å²) in [6.07, 6.45) is 9.88. The molecular weight excluding hydrogens is 421 g/mol. The molecule has 3 rings (SSSR count). The average Bonchev–Trinajstić information content (AvgIpc) is 2.90. The van der Waals surface area contributed by atoms with Gasteiger partial charge in [-0.15, -0.1) is 0 Å². The Kier molecular flexibility index (Phi) is 7.18. The molecule has 2 N–H and O–H groups in total. The van der Waals surface area contributed by atoms with E-state index in [-0.39, 0.29) is 0 Å². The summed E-state index contributed by atoms with van der Waals surface area (Å²) < 4.78 is 12.7. The van der Waals surface area contributed by atoms with Gasteiger partial charge in [0.1, 0.15) is 5.17 Å². The fourth-order valence-corrected chi connectivity index (χ4v) is 4.14. The molecule has 0 atom stereocenters. The van der Waals surface area contributed by atoms with Crippen molar-refractivity contribution in [3.8, 4) is 0 Å². The Balaban J connectivity index is 2.11. The largest absolute Gasteiger partial charge is 0.497 e. The van der Waals surface area contributed by atoms with Gasteiger partial charge in [0.25, 0.3) is 0 Å². The highest BCUT2D eigenvalue weighted by molar-refractivity contribution is 6.68. The second kappa shape index (κ2) is 9.38. The number of nitrogens with zero attached hydrogens (tertiary/aromatic N) is 2. The maximum atomic E-state index is 6.80. The molecule has 7 heteroatoms. The fraction of sp³-hybridized carbons (Fsp3) is 0.440. The molecular formula is C25H33BClN3O2. The fourth-order valence-electron chi connectivity index (χ4n) is 3.94. The second-order valence-electron chi connectivity index (χ2n) is 9.28. The van der Waals surface area contributed by atoms with E-state index in [0.717, 1.165) is 46.3 Å². The molecule has 1 saturated heterocycles. The Morgan fingerprint density at radius 3 is 2.53 bits per heavy atom. The first-order valence-electron chi connectivity index (χ1n) is 11.1. The summed E-state index contributed by atoms with van der Waals surface area (Å²) in [6, 6.07) is 2.14. The van der Waals surface area contributed by atoms with Gasteiger partial charge in [-0.1, -0.05) is 37.6 Å². The topological polar surface area (TPSA) is 69.7 Å². The molecule has 0 bridgehead atoms. The van der Waals surface area contributed by atoms with Crippen molar-refractivity contribution < 1.29 is 9.31 Å². The molecule has 1 aliphatic carbocycles. The molecule has 170 valence electrons. The van der Waals surface area contributed by atoms with Crippen LogP contribution in [-0.4, -0.2) is 28.5 Å². The van der Waals surface area contributed by atoms with E-state index in [1.165, 1.54) is 6.20 Å². The van der Waals surface area contributed by atoms with Crippen LogP contribution in [0.1, 0.15) is 64.3 Å². The molecule has 1 aliphatic heterocycles. The third-order valence-electron chi connectivity index (χ3n) is 6.41. The van der Waals surface area contributed by atoms with Gasteiger partial charge in [-0.25, -0.2) is 4.99 Å². The minimum Gasteiger partial charge on any atom is -0.399 e. The highest BCUT2D eigenvalue weighted by Crippen LogP contribution is 2.43. The third kappa shape index (κ3) is 4.78. The number of hydrogen-bond donors (Lipinski definition) is 1. The van der Waals surface area contributed by atoms with Crippen LogP contribution in [0.25, 0.3) is 5.57 Å². The second-order valence-corrected chi connectivity index (χ2v) is 9.67. The normalized spacial score (nSPS) is 21.8. The average molecular weight is 454 g/mol. The highest BCUT2D eigenvalue weighted by Gasteiger charge is 2.53. The van der Waals surface area contributed by atoms with Gasteiger partial charge in [0.15, 0.2) is 0 Å². The van der Waals surface area contributed by atoms with Crippen molar-refractivity contribution in [2.75, 3.05) is 0 Å². The van der Waals surface area contributed by atoms with E-state index in [0.29, 0.717) is 17.3 Å². The number of allylic oxidation sites excluding steroid dienone is 5. The predicted octanol–water partition coefficient (Wildman–Crippen LogP) is 5.68.